The predicted octanol–water partition coefficient (Wildman–Crippen LogP) is 3.36. The van der Waals surface area contributed by atoms with Crippen molar-refractivity contribution in [3.8, 4) is 11.3 Å². The Bertz CT molecular complexity index is 1630. The maximum Gasteiger partial charge on any atom is 0.177 e. The fourth-order valence-corrected chi connectivity index (χ4v) is 6.40. The van der Waals surface area contributed by atoms with Gasteiger partial charge >= 0.3 is 0 Å². The highest BCUT2D eigenvalue weighted by molar-refractivity contribution is 6.01. The van der Waals surface area contributed by atoms with Crippen molar-refractivity contribution in [1.82, 2.24) is 30.3 Å². The number of hydrogen-bond donors (Lipinski definition) is 2. The van der Waals surface area contributed by atoms with E-state index >= 15 is 0 Å². The minimum absolute atomic E-state index is 0.102. The number of methoxy groups -OCH3 is 1. The molecule has 1 saturated carbocycles. The summed E-state index contributed by atoms with van der Waals surface area (Å²) in [7, 11) is 1.69. The van der Waals surface area contributed by atoms with Gasteiger partial charge in [0.2, 0.25) is 0 Å². The van der Waals surface area contributed by atoms with Crippen molar-refractivity contribution in [2.45, 2.75) is 25.4 Å². The number of rotatable bonds is 6. The largest absolute Gasteiger partial charge is 0.380 e. The Kier molecular flexibility index (Phi) is 5.02. The number of nitrogens with one attached hydrogen (secondary N) is 1. The Morgan fingerprint density at radius 1 is 1.22 bits per heavy atom. The van der Waals surface area contributed by atoms with Crippen LogP contribution in [-0.2, 0) is 16.8 Å². The van der Waals surface area contributed by atoms with Gasteiger partial charge < -0.3 is 19.9 Å². The molecule has 1 aromatic carbocycles. The Morgan fingerprint density at radius 3 is 2.95 bits per heavy atom. The number of nitrogens with two attached hydrogens (primary N) is 1. The molecule has 3 atom stereocenters. The van der Waals surface area contributed by atoms with Crippen molar-refractivity contribution >= 4 is 27.9 Å². The van der Waals surface area contributed by atoms with Crippen LogP contribution in [0.2, 0.25) is 0 Å². The van der Waals surface area contributed by atoms with Crippen molar-refractivity contribution in [3.05, 3.63) is 59.7 Å². The molecule has 0 bridgehead atoms. The highest BCUT2D eigenvalue weighted by Crippen LogP contribution is 2.62. The molecule has 2 fully saturated rings. The monoisotopic (exact) mass is 496 g/mol. The van der Waals surface area contributed by atoms with Crippen LogP contribution in [0.4, 0.5) is 5.82 Å². The Morgan fingerprint density at radius 2 is 2.14 bits per heavy atom. The van der Waals surface area contributed by atoms with Gasteiger partial charge in [0.15, 0.2) is 5.65 Å². The first-order chi connectivity index (χ1) is 18.1. The molecule has 0 spiro atoms. The lowest BCUT2D eigenvalue weighted by Gasteiger charge is -2.26. The van der Waals surface area contributed by atoms with E-state index < -0.39 is 0 Å². The Hall–Kier alpha value is -3.89. The molecule has 4 aromatic heterocycles. The number of aryl methyl sites for hydroxylation is 1. The zero-order valence-corrected chi connectivity index (χ0v) is 20.8. The Labute approximate surface area is 213 Å². The standard InChI is InChI=1S/C27H28N8O2/c1-15-10-21(34-37-15)27(14-28)19-7-9-35(12-20(19)27)22-11-30-25-24(32-33-26(25)31-22)18-6-5-16(13-36-2)23-17(18)4-3-8-29-23/h3-6,8,10-11,19-20H,7,9,12-14,28H2,1-2H3,(H,31,32,33)/t19-,20+,27+/m1/s1. The van der Waals surface area contributed by atoms with E-state index in [1.807, 2.05) is 31.3 Å². The average molecular weight is 497 g/mol. The zero-order chi connectivity index (χ0) is 25.1. The third-order valence-corrected chi connectivity index (χ3v) is 8.26. The van der Waals surface area contributed by atoms with E-state index in [0.717, 1.165) is 70.0 Å². The molecule has 3 N–H and O–H groups in total. The van der Waals surface area contributed by atoms with Crippen LogP contribution in [0.3, 0.4) is 0 Å². The van der Waals surface area contributed by atoms with Crippen LogP contribution in [0.5, 0.6) is 0 Å². The second-order valence-electron chi connectivity index (χ2n) is 10.1. The lowest BCUT2D eigenvalue weighted by Crippen LogP contribution is -2.32. The topological polar surface area (TPSA) is 132 Å². The lowest BCUT2D eigenvalue weighted by atomic mass is 9.97. The van der Waals surface area contributed by atoms with E-state index in [-0.39, 0.29) is 5.41 Å². The number of aromatic nitrogens is 6. The third-order valence-electron chi connectivity index (χ3n) is 8.26. The van der Waals surface area contributed by atoms with Gasteiger partial charge in [0, 0.05) is 60.9 Å². The molecule has 2 aliphatic rings. The molecule has 37 heavy (non-hydrogen) atoms. The summed E-state index contributed by atoms with van der Waals surface area (Å²) in [4.78, 5) is 16.6. The van der Waals surface area contributed by atoms with Gasteiger partial charge in [-0.2, -0.15) is 5.10 Å². The SMILES string of the molecule is COCc1ccc(-c2n[nH]c3nc(N4CC[C@@H]5[C@H](C4)[C@@]5(CN)c4cc(C)on4)cnc23)c2cccnc12. The summed E-state index contributed by atoms with van der Waals surface area (Å²) < 4.78 is 10.7. The number of anilines is 1. The molecule has 5 aromatic rings. The molecular formula is C27H28N8O2. The van der Waals surface area contributed by atoms with Crippen LogP contribution in [0.25, 0.3) is 33.3 Å². The molecular weight excluding hydrogens is 468 g/mol. The smallest absolute Gasteiger partial charge is 0.177 e. The molecule has 0 amide bonds. The number of H-pyrrole nitrogens is 1. The highest BCUT2D eigenvalue weighted by Gasteiger charge is 2.67. The normalized spacial score (nSPS) is 23.1. The van der Waals surface area contributed by atoms with Crippen molar-refractivity contribution in [2.24, 2.45) is 17.6 Å². The van der Waals surface area contributed by atoms with Crippen molar-refractivity contribution in [1.29, 1.82) is 0 Å². The zero-order valence-electron chi connectivity index (χ0n) is 20.8. The molecule has 10 nitrogen and oxygen atoms in total. The quantitative estimate of drug-likeness (QED) is 0.363. The number of nitrogens with zero attached hydrogens (tertiary/aromatic N) is 6. The van der Waals surface area contributed by atoms with Crippen LogP contribution >= 0.6 is 0 Å². The molecule has 7 rings (SSSR count). The van der Waals surface area contributed by atoms with Crippen molar-refractivity contribution in [2.75, 3.05) is 31.6 Å². The fraction of sp³-hybridized carbons (Fsp3) is 0.370. The van der Waals surface area contributed by atoms with Crippen LogP contribution in [-0.4, -0.2) is 57.1 Å². The minimum Gasteiger partial charge on any atom is -0.380 e. The number of ether oxygens (including phenoxy) is 1. The van der Waals surface area contributed by atoms with Crippen LogP contribution in [0.1, 0.15) is 23.4 Å². The van der Waals surface area contributed by atoms with Gasteiger partial charge in [-0.05, 0) is 31.2 Å². The molecule has 0 unspecified atom stereocenters. The van der Waals surface area contributed by atoms with Gasteiger partial charge in [0.25, 0.3) is 0 Å². The van der Waals surface area contributed by atoms with Gasteiger partial charge in [0.1, 0.15) is 22.8 Å². The van der Waals surface area contributed by atoms with E-state index in [1.54, 1.807) is 13.3 Å². The summed E-state index contributed by atoms with van der Waals surface area (Å²) in [5, 5.41) is 13.1. The summed E-state index contributed by atoms with van der Waals surface area (Å²) >= 11 is 0. The second kappa shape index (κ2) is 8.32. The molecule has 188 valence electrons. The van der Waals surface area contributed by atoms with Gasteiger partial charge in [-0.25, -0.2) is 9.97 Å². The van der Waals surface area contributed by atoms with E-state index in [1.165, 1.54) is 0 Å². The highest BCUT2D eigenvalue weighted by atomic mass is 16.5. The van der Waals surface area contributed by atoms with Crippen LogP contribution in [0.15, 0.2) is 47.2 Å². The summed E-state index contributed by atoms with van der Waals surface area (Å²) in [5.41, 5.74) is 12.3. The summed E-state index contributed by atoms with van der Waals surface area (Å²) in [6, 6.07) is 10.1. The average Bonchev–Trinajstić information content (AvgIpc) is 3.17. The van der Waals surface area contributed by atoms with Crippen molar-refractivity contribution < 1.29 is 9.26 Å². The molecule has 10 heteroatoms. The van der Waals surface area contributed by atoms with Gasteiger partial charge in [-0.3, -0.25) is 10.1 Å². The van der Waals surface area contributed by atoms with E-state index in [4.69, 9.17) is 25.0 Å². The van der Waals surface area contributed by atoms with Gasteiger partial charge in [-0.1, -0.05) is 23.4 Å². The molecule has 1 aliphatic heterocycles. The molecule has 1 aliphatic carbocycles. The van der Waals surface area contributed by atoms with Crippen LogP contribution in [0, 0.1) is 18.8 Å². The number of benzene rings is 1. The summed E-state index contributed by atoms with van der Waals surface area (Å²) in [6.07, 6.45) is 4.69. The van der Waals surface area contributed by atoms with Crippen molar-refractivity contribution in [3.63, 3.8) is 0 Å². The minimum atomic E-state index is -0.102. The Balaban J connectivity index is 1.20. The van der Waals surface area contributed by atoms with E-state index in [0.29, 0.717) is 30.6 Å². The maximum absolute atomic E-state index is 6.30. The van der Waals surface area contributed by atoms with Crippen LogP contribution < -0.4 is 10.6 Å². The van der Waals surface area contributed by atoms with E-state index in [9.17, 15) is 0 Å². The third kappa shape index (κ3) is 3.29. The molecule has 0 radical (unpaired) electrons. The number of aromatic amines is 1. The molecule has 1 saturated heterocycles. The second-order valence-corrected chi connectivity index (χ2v) is 10.1. The van der Waals surface area contributed by atoms with Gasteiger partial charge in [0.05, 0.1) is 24.0 Å². The first-order valence-electron chi connectivity index (χ1n) is 12.6. The summed E-state index contributed by atoms with van der Waals surface area (Å²) in [5.74, 6) is 2.62. The first-order valence-corrected chi connectivity index (χ1v) is 12.6. The first kappa shape index (κ1) is 22.3. The maximum atomic E-state index is 6.30. The molecule has 5 heterocycles. The fourth-order valence-electron chi connectivity index (χ4n) is 6.40. The summed E-state index contributed by atoms with van der Waals surface area (Å²) in [6.45, 7) is 4.76. The predicted molar refractivity (Wildman–Crippen MR) is 139 cm³/mol. The van der Waals surface area contributed by atoms with Gasteiger partial charge in [-0.15, -0.1) is 0 Å². The number of piperidine rings is 1. The van der Waals surface area contributed by atoms with E-state index in [2.05, 4.69) is 37.4 Å². The number of fused-ring (bicyclic) bond motifs is 3. The lowest BCUT2D eigenvalue weighted by molar-refractivity contribution is 0.186. The number of pyridine rings is 1. The number of hydrogen-bond acceptors (Lipinski definition) is 9.